The van der Waals surface area contributed by atoms with Crippen molar-refractivity contribution in [2.75, 3.05) is 13.2 Å². The van der Waals surface area contributed by atoms with Gasteiger partial charge >= 0.3 is 47.8 Å². The highest BCUT2D eigenvalue weighted by Gasteiger charge is 2.64. The standard InChI is InChI=1S/C32H45NO20/c1-13(34)44-11-20-23(46-14(2)35)27(48-16(4)37)29(50-18(6)39)25(52-20)22(33(42)43)26-30(51-19(7)40)28(49-17(5)38)24(47-15(3)36)21(53-26)12-45-31(41)32(8,9)10/h20-30H,11-12H2,1-10H3/t20-,21-,22?,23-,24-,25+,26+,27+,28+,29+,30+/m1/s1. The van der Waals surface area contributed by atoms with Crippen LogP contribution in [0.2, 0.25) is 0 Å². The summed E-state index contributed by atoms with van der Waals surface area (Å²) in [6.07, 6.45) is -18.5. The molecule has 0 bridgehead atoms. The quantitative estimate of drug-likeness (QED) is 0.103. The molecule has 21 nitrogen and oxygen atoms in total. The normalized spacial score (nSPS) is 28.9. The Balaban J connectivity index is 2.93. The lowest BCUT2D eigenvalue weighted by molar-refractivity contribution is -0.561. The predicted octanol–water partition coefficient (Wildman–Crippen LogP) is -0.0909. The summed E-state index contributed by atoms with van der Waals surface area (Å²) < 4.78 is 55.0. The van der Waals surface area contributed by atoms with Gasteiger partial charge in [-0.3, -0.25) is 48.5 Å². The Kier molecular flexibility index (Phi) is 15.6. The molecule has 21 heteroatoms. The van der Waals surface area contributed by atoms with Crippen molar-refractivity contribution >= 4 is 47.8 Å². The van der Waals surface area contributed by atoms with Crippen LogP contribution in [-0.4, -0.2) is 133 Å². The van der Waals surface area contributed by atoms with Crippen molar-refractivity contribution in [2.24, 2.45) is 5.41 Å². The van der Waals surface area contributed by atoms with Crippen LogP contribution in [-0.2, 0) is 85.7 Å². The molecule has 2 aliphatic rings. The summed E-state index contributed by atoms with van der Waals surface area (Å²) in [6, 6.07) is -2.36. The molecule has 2 heterocycles. The molecule has 53 heavy (non-hydrogen) atoms. The molecule has 0 aromatic heterocycles. The van der Waals surface area contributed by atoms with E-state index in [0.717, 1.165) is 48.5 Å². The first-order valence-corrected chi connectivity index (χ1v) is 16.2. The number of carbonyl (C=O) groups is 8. The van der Waals surface area contributed by atoms with Crippen molar-refractivity contribution in [1.82, 2.24) is 0 Å². The van der Waals surface area contributed by atoms with Crippen LogP contribution in [0.4, 0.5) is 0 Å². The van der Waals surface area contributed by atoms with Gasteiger partial charge in [0, 0.05) is 53.4 Å². The van der Waals surface area contributed by atoms with E-state index in [1.54, 1.807) is 0 Å². The predicted molar refractivity (Wildman–Crippen MR) is 168 cm³/mol. The molecule has 298 valence electrons. The molecule has 11 atom stereocenters. The Morgan fingerprint density at radius 3 is 1.11 bits per heavy atom. The minimum absolute atomic E-state index is 0.742. The first kappa shape index (κ1) is 44.2. The van der Waals surface area contributed by atoms with Crippen molar-refractivity contribution in [3.05, 3.63) is 10.1 Å². The molecule has 2 fully saturated rings. The Morgan fingerprint density at radius 1 is 0.528 bits per heavy atom. The highest BCUT2D eigenvalue weighted by molar-refractivity contribution is 5.75. The van der Waals surface area contributed by atoms with Crippen molar-refractivity contribution < 1.29 is 90.6 Å². The van der Waals surface area contributed by atoms with Gasteiger partial charge in [-0.25, -0.2) is 0 Å². The van der Waals surface area contributed by atoms with Gasteiger partial charge in [-0.15, -0.1) is 0 Å². The van der Waals surface area contributed by atoms with E-state index in [0.29, 0.717) is 0 Å². The first-order chi connectivity index (χ1) is 24.4. The van der Waals surface area contributed by atoms with Crippen LogP contribution >= 0.6 is 0 Å². The van der Waals surface area contributed by atoms with Crippen LogP contribution in [0.15, 0.2) is 0 Å². The Labute approximate surface area is 303 Å². The van der Waals surface area contributed by atoms with E-state index in [9.17, 15) is 48.5 Å². The van der Waals surface area contributed by atoms with E-state index in [1.165, 1.54) is 20.8 Å². The molecule has 2 rings (SSSR count). The molecule has 0 aromatic rings. The molecule has 0 N–H and O–H groups in total. The zero-order chi connectivity index (χ0) is 40.5. The average molecular weight is 764 g/mol. The van der Waals surface area contributed by atoms with Gasteiger partial charge in [0.2, 0.25) is 0 Å². The molecular formula is C32H45NO20. The molecule has 0 aromatic carbocycles. The molecule has 2 aliphatic heterocycles. The molecule has 0 aliphatic carbocycles. The lowest BCUT2D eigenvalue weighted by Gasteiger charge is -2.48. The second-order valence-corrected chi connectivity index (χ2v) is 13.1. The largest absolute Gasteiger partial charge is 0.463 e. The number of esters is 8. The monoisotopic (exact) mass is 763 g/mol. The summed E-state index contributed by atoms with van der Waals surface area (Å²) >= 11 is 0. The lowest BCUT2D eigenvalue weighted by atomic mass is 9.83. The SMILES string of the molecule is CC(=O)OC[C@H]1O[C@@H](C([C@@H]2O[C@H](COC(=O)C(C)(C)C)[C@@H](OC(C)=O)[C@H](OC(C)=O)[C@H]2OC(C)=O)[N+](=O)[O-])[C@H](OC(C)=O)[C@@H](OC(C)=O)[C@@H]1OC(C)=O. The maximum Gasteiger partial charge on any atom is 0.311 e. The molecule has 2 saturated heterocycles. The van der Waals surface area contributed by atoms with Crippen LogP contribution in [0, 0.1) is 15.5 Å². The fourth-order valence-corrected chi connectivity index (χ4v) is 5.68. The maximum atomic E-state index is 13.2. The third-order valence-corrected chi connectivity index (χ3v) is 7.51. The number of hydrogen-bond acceptors (Lipinski definition) is 20. The summed E-state index contributed by atoms with van der Waals surface area (Å²) in [5, 5.41) is 13.2. The highest BCUT2D eigenvalue weighted by atomic mass is 16.7. The van der Waals surface area contributed by atoms with Crippen molar-refractivity contribution in [3.63, 3.8) is 0 Å². The summed E-state index contributed by atoms with van der Waals surface area (Å²) in [5.74, 6) is -7.78. The van der Waals surface area contributed by atoms with Crippen LogP contribution in [0.25, 0.3) is 0 Å². The fourth-order valence-electron chi connectivity index (χ4n) is 5.68. The smallest absolute Gasteiger partial charge is 0.311 e. The summed E-state index contributed by atoms with van der Waals surface area (Å²) in [6.45, 7) is 9.75. The van der Waals surface area contributed by atoms with E-state index in [2.05, 4.69) is 0 Å². The summed E-state index contributed by atoms with van der Waals surface area (Å²) in [7, 11) is 0. The number of carbonyl (C=O) groups excluding carboxylic acids is 8. The molecule has 0 radical (unpaired) electrons. The maximum absolute atomic E-state index is 13.2. The summed E-state index contributed by atoms with van der Waals surface area (Å²) in [4.78, 5) is 111. The van der Waals surface area contributed by atoms with Crippen molar-refractivity contribution in [2.45, 2.75) is 136 Å². The van der Waals surface area contributed by atoms with E-state index in [1.807, 2.05) is 0 Å². The third kappa shape index (κ3) is 12.6. The van der Waals surface area contributed by atoms with Gasteiger partial charge in [0.05, 0.1) is 5.41 Å². The van der Waals surface area contributed by atoms with Crippen LogP contribution in [0.5, 0.6) is 0 Å². The molecule has 0 spiro atoms. The van der Waals surface area contributed by atoms with Gasteiger partial charge in [-0.2, -0.15) is 0 Å². The summed E-state index contributed by atoms with van der Waals surface area (Å²) in [5.41, 5.74) is -1.07. The Bertz CT molecular complexity index is 1420. The van der Waals surface area contributed by atoms with E-state index >= 15 is 0 Å². The second-order valence-electron chi connectivity index (χ2n) is 13.1. The second kappa shape index (κ2) is 18.7. The van der Waals surface area contributed by atoms with E-state index in [-0.39, 0.29) is 0 Å². The average Bonchev–Trinajstić information content (AvgIpc) is 2.98. The zero-order valence-corrected chi connectivity index (χ0v) is 30.9. The van der Waals surface area contributed by atoms with Gasteiger partial charge in [0.15, 0.2) is 48.8 Å². The van der Waals surface area contributed by atoms with Crippen LogP contribution < -0.4 is 0 Å². The lowest BCUT2D eigenvalue weighted by Crippen LogP contribution is -2.71. The third-order valence-electron chi connectivity index (χ3n) is 7.51. The molecule has 1 unspecified atom stereocenters. The minimum atomic E-state index is -2.36. The molecule has 0 saturated carbocycles. The fraction of sp³-hybridized carbons (Fsp3) is 0.750. The highest BCUT2D eigenvalue weighted by Crippen LogP contribution is 2.38. The van der Waals surface area contributed by atoms with Gasteiger partial charge in [-0.1, -0.05) is 0 Å². The number of rotatable bonds is 13. The number of ether oxygens (including phenoxy) is 10. The Morgan fingerprint density at radius 2 is 0.830 bits per heavy atom. The minimum Gasteiger partial charge on any atom is -0.463 e. The first-order valence-electron chi connectivity index (χ1n) is 16.2. The molecular weight excluding hydrogens is 718 g/mol. The molecule has 0 amide bonds. The number of hydrogen-bond donors (Lipinski definition) is 0. The van der Waals surface area contributed by atoms with Gasteiger partial charge in [0.25, 0.3) is 6.04 Å². The Hall–Kier alpha value is -4.92. The van der Waals surface area contributed by atoms with Crippen LogP contribution in [0.1, 0.15) is 69.2 Å². The van der Waals surface area contributed by atoms with Crippen molar-refractivity contribution in [1.29, 1.82) is 0 Å². The van der Waals surface area contributed by atoms with E-state index in [4.69, 9.17) is 47.4 Å². The van der Waals surface area contributed by atoms with Crippen LogP contribution in [0.3, 0.4) is 0 Å². The van der Waals surface area contributed by atoms with Gasteiger partial charge < -0.3 is 47.4 Å². The topological polar surface area (TPSA) is 272 Å². The van der Waals surface area contributed by atoms with Crippen molar-refractivity contribution in [3.8, 4) is 0 Å². The van der Waals surface area contributed by atoms with Gasteiger partial charge in [0.1, 0.15) is 25.4 Å². The number of nitrogens with zero attached hydrogens (tertiary/aromatic N) is 1. The van der Waals surface area contributed by atoms with E-state index < -0.39 is 138 Å². The number of nitro groups is 1. The zero-order valence-electron chi connectivity index (χ0n) is 30.9. The van der Waals surface area contributed by atoms with Gasteiger partial charge in [-0.05, 0) is 20.8 Å².